The first-order chi connectivity index (χ1) is 41.9. The molecule has 4 aromatic heterocycles. The molecule has 3 atom stereocenters. The Morgan fingerprint density at radius 2 is 1.38 bits per heavy atom. The minimum Gasteiger partial charge on any atom is -0.468 e. The van der Waals surface area contributed by atoms with E-state index in [0.29, 0.717) is 24.2 Å². The lowest BCUT2D eigenvalue weighted by molar-refractivity contribution is -0.147. The molecule has 90 heavy (non-hydrogen) atoms. The van der Waals surface area contributed by atoms with Crippen molar-refractivity contribution >= 4 is 69.5 Å². The third-order valence-corrected chi connectivity index (χ3v) is 24.6. The number of rotatable bonds is 23. The zero-order valence-corrected chi connectivity index (χ0v) is 55.7. The minimum atomic E-state index is -2.29. The van der Waals surface area contributed by atoms with Crippen LogP contribution >= 0.6 is 0 Å². The third kappa shape index (κ3) is 19.5. The molecule has 0 aliphatic carbocycles. The Morgan fingerprint density at radius 1 is 0.756 bits per heavy atom. The Balaban J connectivity index is 1.05. The SMILES string of the molecule is COC(=O)CN(CCNC(=O)CN(CCNC(=O)OC(C)(C)C)C(=O)Cn1cc(C)c(=O)[nH]c1=O)C(=O)Cn1cnc2c(NC(=O)OCc3ccc(C#Cc4cn(C5CC(O[Si](C)(C)C(C)(C)C)C(CO[Si](C)(C)C(C)(C)C)O5)c(=O)[nH]c4=O)cc3)ncnc21. The first-order valence-electron chi connectivity index (χ1n) is 29.1. The van der Waals surface area contributed by atoms with Gasteiger partial charge in [-0.05, 0) is 81.7 Å². The first kappa shape index (κ1) is 70.5. The Kier molecular flexibility index (Phi) is 23.0. The molecule has 3 unspecified atom stereocenters. The highest BCUT2D eigenvalue weighted by Gasteiger charge is 2.47. The predicted molar refractivity (Wildman–Crippen MR) is 335 cm³/mol. The fraction of sp³-hybridized carbons (Fsp3) is 0.542. The number of nitrogens with zero attached hydrogens (tertiary/aromatic N) is 8. The van der Waals surface area contributed by atoms with Crippen LogP contribution in [0.15, 0.2) is 68.5 Å². The van der Waals surface area contributed by atoms with Crippen LogP contribution in [-0.4, -0.2) is 172 Å². The summed E-state index contributed by atoms with van der Waals surface area (Å²) in [4.78, 5) is 149. The Bertz CT molecular complexity index is 3750. The number of esters is 1. The van der Waals surface area contributed by atoms with Gasteiger partial charge in [-0.25, -0.2) is 34.1 Å². The first-order valence-corrected chi connectivity index (χ1v) is 35.0. The second kappa shape index (κ2) is 29.4. The fourth-order valence-corrected chi connectivity index (χ4v) is 10.8. The highest BCUT2D eigenvalue weighted by atomic mass is 28.4. The fourth-order valence-electron chi connectivity index (χ4n) is 8.39. The summed E-state index contributed by atoms with van der Waals surface area (Å²) < 4.78 is 39.2. The van der Waals surface area contributed by atoms with Gasteiger partial charge in [-0.2, -0.15) is 0 Å². The van der Waals surface area contributed by atoms with E-state index in [9.17, 15) is 47.9 Å². The van der Waals surface area contributed by atoms with E-state index in [1.165, 1.54) is 34.8 Å². The van der Waals surface area contributed by atoms with E-state index in [2.05, 4.69) is 120 Å². The van der Waals surface area contributed by atoms with Gasteiger partial charge in [0.1, 0.15) is 56.1 Å². The number of nitrogens with one attached hydrogen (secondary N) is 5. The number of aromatic amines is 2. The minimum absolute atomic E-state index is 0.0375. The van der Waals surface area contributed by atoms with Crippen LogP contribution in [0.4, 0.5) is 15.4 Å². The van der Waals surface area contributed by atoms with Crippen LogP contribution in [0.2, 0.25) is 36.3 Å². The zero-order chi connectivity index (χ0) is 66.7. The lowest BCUT2D eigenvalue weighted by atomic mass is 10.1. The predicted octanol–water partition coefficient (Wildman–Crippen LogP) is 3.85. The Hall–Kier alpha value is -8.58. The molecular formula is C59H83N13O16Si2. The number of alkyl carbamates (subject to hydrolysis) is 1. The molecule has 488 valence electrons. The van der Waals surface area contributed by atoms with Gasteiger partial charge in [0.2, 0.25) is 17.7 Å². The van der Waals surface area contributed by atoms with Crippen LogP contribution in [-0.2, 0) is 66.7 Å². The maximum Gasteiger partial charge on any atom is 0.413 e. The average molecular weight is 1290 g/mol. The molecule has 5 aromatic rings. The highest BCUT2D eigenvalue weighted by Crippen LogP contribution is 2.42. The van der Waals surface area contributed by atoms with Crippen molar-refractivity contribution in [2.45, 2.75) is 156 Å². The number of H-pyrrole nitrogens is 2. The number of carbonyl (C=O) groups excluding carboxylic acids is 6. The second-order valence-corrected chi connectivity index (χ2v) is 35.2. The Morgan fingerprint density at radius 3 is 2.01 bits per heavy atom. The second-order valence-electron chi connectivity index (χ2n) is 25.7. The summed E-state index contributed by atoms with van der Waals surface area (Å²) in [6.07, 6.45) is 2.15. The smallest absolute Gasteiger partial charge is 0.413 e. The molecule has 1 aliphatic rings. The number of aromatic nitrogens is 8. The van der Waals surface area contributed by atoms with Gasteiger partial charge in [0, 0.05) is 56.1 Å². The number of methoxy groups -OCH3 is 1. The molecule has 5 heterocycles. The number of benzene rings is 1. The van der Waals surface area contributed by atoms with E-state index in [-0.39, 0.29) is 77.1 Å². The molecule has 5 N–H and O–H groups in total. The molecule has 29 nitrogen and oxygen atoms in total. The number of ether oxygens (including phenoxy) is 4. The van der Waals surface area contributed by atoms with E-state index in [1.807, 2.05) is 0 Å². The largest absolute Gasteiger partial charge is 0.468 e. The van der Waals surface area contributed by atoms with Crippen molar-refractivity contribution in [3.63, 3.8) is 0 Å². The van der Waals surface area contributed by atoms with Crippen molar-refractivity contribution in [1.82, 2.24) is 59.1 Å². The summed E-state index contributed by atoms with van der Waals surface area (Å²) in [7, 11) is -3.32. The molecule has 1 fully saturated rings. The van der Waals surface area contributed by atoms with Crippen LogP contribution in [0.1, 0.15) is 97.2 Å². The van der Waals surface area contributed by atoms with E-state index in [1.54, 1.807) is 45.0 Å². The van der Waals surface area contributed by atoms with E-state index < -0.39 is 119 Å². The van der Waals surface area contributed by atoms with Crippen molar-refractivity contribution < 1.29 is 56.6 Å². The van der Waals surface area contributed by atoms with Crippen molar-refractivity contribution in [1.29, 1.82) is 0 Å². The molecule has 0 bridgehead atoms. The molecule has 0 saturated carbocycles. The van der Waals surface area contributed by atoms with Crippen molar-refractivity contribution in [2.24, 2.45) is 0 Å². The van der Waals surface area contributed by atoms with E-state index in [0.717, 1.165) is 27.8 Å². The quantitative estimate of drug-likeness (QED) is 0.0268. The van der Waals surface area contributed by atoms with Crippen molar-refractivity contribution in [3.05, 3.63) is 113 Å². The maximum absolute atomic E-state index is 13.8. The average Bonchev–Trinajstić information content (AvgIpc) is 1.72. The lowest BCUT2D eigenvalue weighted by Crippen LogP contribution is -2.48. The van der Waals surface area contributed by atoms with Gasteiger partial charge < -0.3 is 52.8 Å². The third-order valence-electron chi connectivity index (χ3n) is 15.6. The van der Waals surface area contributed by atoms with Gasteiger partial charge in [0.15, 0.2) is 33.6 Å². The summed E-state index contributed by atoms with van der Waals surface area (Å²) in [5.74, 6) is 3.02. The number of imidazole rings is 1. The molecule has 31 heteroatoms. The number of hydrogen-bond acceptors (Lipinski definition) is 19. The van der Waals surface area contributed by atoms with Crippen LogP contribution in [0.5, 0.6) is 0 Å². The molecular weight excluding hydrogens is 1200 g/mol. The van der Waals surface area contributed by atoms with E-state index >= 15 is 0 Å². The summed E-state index contributed by atoms with van der Waals surface area (Å²) in [6.45, 7) is 25.4. The number of fused-ring (bicyclic) bond motifs is 1. The molecule has 1 saturated heterocycles. The van der Waals surface area contributed by atoms with Gasteiger partial charge in [0.05, 0.1) is 32.7 Å². The maximum atomic E-state index is 13.8. The normalized spacial score (nSPS) is 15.3. The lowest BCUT2D eigenvalue weighted by Gasteiger charge is -2.40. The van der Waals surface area contributed by atoms with Crippen LogP contribution in [0.25, 0.3) is 11.2 Å². The summed E-state index contributed by atoms with van der Waals surface area (Å²) in [5.41, 5.74) is -2.05. The summed E-state index contributed by atoms with van der Waals surface area (Å²) >= 11 is 0. The van der Waals surface area contributed by atoms with Crippen molar-refractivity contribution in [3.8, 4) is 11.8 Å². The van der Waals surface area contributed by atoms with Gasteiger partial charge in [-0.1, -0.05) is 65.5 Å². The number of amides is 5. The molecule has 1 aliphatic heterocycles. The highest BCUT2D eigenvalue weighted by molar-refractivity contribution is 6.74. The molecule has 6 rings (SSSR count). The van der Waals surface area contributed by atoms with Gasteiger partial charge in [0.25, 0.3) is 11.1 Å². The van der Waals surface area contributed by atoms with Crippen LogP contribution < -0.4 is 38.4 Å². The standard InChI is InChI=1S/C59H83N13O16Si2/c1-37-27-70(53(79)66-51(37)77)30-44(74)68(25-23-61-55(81)87-57(2,3)4)29-43(73)60-22-24-69(32-47(76)83-11)45(75)31-71-36-64-48-49(62-35-63-50(48)71)65-56(82)84-33-39-18-16-38(17-19-39)20-21-40-28-72(54(80)67-52(40)78)46-26-41(88-90(14,15)59(8,9)10)42(86-46)34-85-89(12,13)58(5,6)7/h16-19,27-28,35-36,41-42,46H,22-26,29-34H2,1-15H3,(H,60,73)(H,61,81)(H,66,77,79)(H,67,78,80)(H,62,63,65,82). The number of hydrogen-bond donors (Lipinski definition) is 5. The van der Waals surface area contributed by atoms with Gasteiger partial charge in [-0.15, -0.1) is 0 Å². The topological polar surface area (TPSA) is 354 Å². The van der Waals surface area contributed by atoms with Gasteiger partial charge >= 0.3 is 29.5 Å². The van der Waals surface area contributed by atoms with Crippen molar-refractivity contribution in [2.75, 3.05) is 58.3 Å². The monoisotopic (exact) mass is 1290 g/mol. The Labute approximate surface area is 522 Å². The van der Waals surface area contributed by atoms with Crippen LogP contribution in [0.3, 0.4) is 0 Å². The summed E-state index contributed by atoms with van der Waals surface area (Å²) in [6, 6.07) is 6.72. The zero-order valence-electron chi connectivity index (χ0n) is 53.7. The van der Waals surface area contributed by atoms with Crippen LogP contribution in [0, 0.1) is 18.8 Å². The number of aryl methyl sites for hydroxylation is 1. The number of carbonyl (C=O) groups is 6. The summed E-state index contributed by atoms with van der Waals surface area (Å²) in [5, 5.41) is 7.54. The van der Waals surface area contributed by atoms with Gasteiger partial charge in [-0.3, -0.25) is 53.2 Å². The molecule has 0 radical (unpaired) electrons. The molecule has 0 spiro atoms. The molecule has 5 amide bonds. The van der Waals surface area contributed by atoms with E-state index in [4.69, 9.17) is 27.8 Å². The molecule has 1 aromatic carbocycles. The number of anilines is 1.